The van der Waals surface area contributed by atoms with Gasteiger partial charge in [0.15, 0.2) is 5.11 Å². The number of nitrogens with one attached hydrogen (secondary N) is 2. The van der Waals surface area contributed by atoms with E-state index in [0.717, 1.165) is 27.9 Å². The number of nitrogens with zero attached hydrogens (tertiary/aromatic N) is 1. The van der Waals surface area contributed by atoms with E-state index in [0.29, 0.717) is 30.4 Å². The lowest BCUT2D eigenvalue weighted by Crippen LogP contribution is -2.37. The van der Waals surface area contributed by atoms with Crippen LogP contribution in [0.15, 0.2) is 53.3 Å². The molecule has 0 amide bonds. The summed E-state index contributed by atoms with van der Waals surface area (Å²) in [5.41, 5.74) is 3.10. The second-order valence-electron chi connectivity index (χ2n) is 6.70. The van der Waals surface area contributed by atoms with E-state index in [1.165, 1.54) is 0 Å². The van der Waals surface area contributed by atoms with Gasteiger partial charge in [-0.1, -0.05) is 18.2 Å². The van der Waals surface area contributed by atoms with Crippen LogP contribution < -0.4 is 15.6 Å². The van der Waals surface area contributed by atoms with Gasteiger partial charge in [-0.15, -0.1) is 0 Å². The zero-order valence-corrected chi connectivity index (χ0v) is 17.4. The quantitative estimate of drug-likeness (QED) is 0.517. The summed E-state index contributed by atoms with van der Waals surface area (Å²) in [7, 11) is 0. The Bertz CT molecular complexity index is 1050. The molecule has 1 aromatic heterocycles. The molecule has 29 heavy (non-hydrogen) atoms. The summed E-state index contributed by atoms with van der Waals surface area (Å²) in [4.78, 5) is 17.3. The molecule has 0 aliphatic carbocycles. The second-order valence-corrected chi connectivity index (χ2v) is 7.08. The maximum atomic E-state index is 12.6. The largest absolute Gasteiger partial charge is 0.494 e. The normalized spacial score (nSPS) is 10.7. The van der Waals surface area contributed by atoms with E-state index in [-0.39, 0.29) is 12.2 Å². The number of hydrogen-bond donors (Lipinski definition) is 3. The Morgan fingerprint density at radius 2 is 2.00 bits per heavy atom. The molecule has 3 rings (SSSR count). The van der Waals surface area contributed by atoms with Gasteiger partial charge in [-0.05, 0) is 67.3 Å². The van der Waals surface area contributed by atoms with Crippen LogP contribution in [0.3, 0.4) is 0 Å². The number of pyridine rings is 1. The van der Waals surface area contributed by atoms with E-state index in [1.807, 2.05) is 62.4 Å². The number of thiocarbonyl (C=S) groups is 1. The number of aliphatic hydroxyl groups excluding tert-OH is 1. The molecule has 3 aromatic rings. The first-order valence-corrected chi connectivity index (χ1v) is 9.93. The van der Waals surface area contributed by atoms with Crippen molar-refractivity contribution >= 4 is 33.9 Å². The van der Waals surface area contributed by atoms with Gasteiger partial charge < -0.3 is 25.0 Å². The first-order valence-electron chi connectivity index (χ1n) is 9.53. The summed E-state index contributed by atoms with van der Waals surface area (Å²) in [5, 5.41) is 14.0. The number of aromatic nitrogens is 1. The van der Waals surface area contributed by atoms with Gasteiger partial charge in [0.05, 0.1) is 25.3 Å². The Hall–Kier alpha value is -2.90. The van der Waals surface area contributed by atoms with Crippen molar-refractivity contribution in [3.8, 4) is 5.75 Å². The third-order valence-corrected chi connectivity index (χ3v) is 4.96. The van der Waals surface area contributed by atoms with Crippen molar-refractivity contribution < 1.29 is 9.84 Å². The highest BCUT2D eigenvalue weighted by Gasteiger charge is 2.14. The predicted octanol–water partition coefficient (Wildman–Crippen LogP) is 3.43. The number of anilines is 1. The van der Waals surface area contributed by atoms with E-state index in [4.69, 9.17) is 17.0 Å². The van der Waals surface area contributed by atoms with Crippen LogP contribution in [0, 0.1) is 6.92 Å². The van der Waals surface area contributed by atoms with Crippen molar-refractivity contribution in [2.45, 2.75) is 20.4 Å². The lowest BCUT2D eigenvalue weighted by Gasteiger charge is -2.25. The number of aromatic amines is 1. The molecule has 3 N–H and O–H groups in total. The van der Waals surface area contributed by atoms with Crippen molar-refractivity contribution in [2.75, 3.05) is 25.1 Å². The summed E-state index contributed by atoms with van der Waals surface area (Å²) in [5.74, 6) is 0.786. The van der Waals surface area contributed by atoms with Gasteiger partial charge in [-0.2, -0.15) is 0 Å². The van der Waals surface area contributed by atoms with Crippen LogP contribution in [0.2, 0.25) is 0 Å². The van der Waals surface area contributed by atoms with Crippen LogP contribution in [0.5, 0.6) is 5.75 Å². The molecule has 2 aromatic carbocycles. The van der Waals surface area contributed by atoms with Gasteiger partial charge in [0.1, 0.15) is 5.75 Å². The molecular formula is C22H25N3O3S. The number of rotatable bonds is 7. The SMILES string of the molecule is CCOc1ccc(NC(=S)N(CCO)Cc2cc3cccc(C)c3[nH]c2=O)cc1. The predicted molar refractivity (Wildman–Crippen MR) is 121 cm³/mol. The summed E-state index contributed by atoms with van der Waals surface area (Å²) >= 11 is 5.53. The molecule has 0 bridgehead atoms. The Kier molecular flexibility index (Phi) is 6.85. The van der Waals surface area contributed by atoms with Crippen LogP contribution in [0.1, 0.15) is 18.1 Å². The molecule has 0 radical (unpaired) electrons. The lowest BCUT2D eigenvalue weighted by atomic mass is 10.1. The molecule has 0 unspecified atom stereocenters. The third-order valence-electron chi connectivity index (χ3n) is 4.60. The van der Waals surface area contributed by atoms with Gasteiger partial charge in [0.2, 0.25) is 0 Å². The van der Waals surface area contributed by atoms with Crippen LogP contribution in [0.4, 0.5) is 5.69 Å². The first kappa shape index (κ1) is 20.8. The fourth-order valence-electron chi connectivity index (χ4n) is 3.13. The minimum Gasteiger partial charge on any atom is -0.494 e. The Balaban J connectivity index is 1.79. The highest BCUT2D eigenvalue weighted by atomic mass is 32.1. The summed E-state index contributed by atoms with van der Waals surface area (Å²) in [6.45, 7) is 5.04. The molecule has 0 saturated heterocycles. The average Bonchev–Trinajstić information content (AvgIpc) is 2.70. The molecule has 0 fully saturated rings. The van der Waals surface area contributed by atoms with E-state index >= 15 is 0 Å². The molecule has 0 atom stereocenters. The van der Waals surface area contributed by atoms with Gasteiger partial charge >= 0.3 is 0 Å². The molecule has 0 aliphatic heterocycles. The molecule has 7 heteroatoms. The van der Waals surface area contributed by atoms with Gasteiger partial charge in [-0.3, -0.25) is 4.79 Å². The van der Waals surface area contributed by atoms with Crippen molar-refractivity contribution in [1.29, 1.82) is 0 Å². The maximum Gasteiger partial charge on any atom is 0.253 e. The van der Waals surface area contributed by atoms with E-state index in [9.17, 15) is 9.90 Å². The third kappa shape index (κ3) is 5.13. The zero-order chi connectivity index (χ0) is 20.8. The van der Waals surface area contributed by atoms with E-state index in [2.05, 4.69) is 10.3 Å². The van der Waals surface area contributed by atoms with Crippen LogP contribution in [0.25, 0.3) is 10.9 Å². The molecular weight excluding hydrogens is 386 g/mol. The number of ether oxygens (including phenoxy) is 1. The Labute approximate surface area is 175 Å². The first-order chi connectivity index (χ1) is 14.0. The van der Waals surface area contributed by atoms with Crippen molar-refractivity contribution in [3.05, 3.63) is 70.0 Å². The van der Waals surface area contributed by atoms with Crippen molar-refractivity contribution in [3.63, 3.8) is 0 Å². The minimum atomic E-state index is -0.154. The number of hydrogen-bond acceptors (Lipinski definition) is 4. The average molecular weight is 412 g/mol. The van der Waals surface area contributed by atoms with E-state index in [1.54, 1.807) is 4.90 Å². The van der Waals surface area contributed by atoms with Crippen LogP contribution in [-0.2, 0) is 6.54 Å². The Morgan fingerprint density at radius 3 is 2.69 bits per heavy atom. The Morgan fingerprint density at radius 1 is 1.24 bits per heavy atom. The van der Waals surface area contributed by atoms with Gasteiger partial charge in [0, 0.05) is 17.8 Å². The number of benzene rings is 2. The number of para-hydroxylation sites is 1. The molecule has 6 nitrogen and oxygen atoms in total. The van der Waals surface area contributed by atoms with Crippen molar-refractivity contribution in [2.24, 2.45) is 0 Å². The maximum absolute atomic E-state index is 12.6. The van der Waals surface area contributed by atoms with Crippen molar-refractivity contribution in [1.82, 2.24) is 9.88 Å². The summed E-state index contributed by atoms with van der Waals surface area (Å²) in [6, 6.07) is 15.2. The number of fused-ring (bicyclic) bond motifs is 1. The summed E-state index contributed by atoms with van der Waals surface area (Å²) < 4.78 is 5.45. The van der Waals surface area contributed by atoms with E-state index < -0.39 is 0 Å². The second kappa shape index (κ2) is 9.54. The standard InChI is InChI=1S/C22H25N3O3S/c1-3-28-19-9-7-18(8-10-19)23-22(29)25(11-12-26)14-17-13-16-6-4-5-15(2)20(16)24-21(17)27/h4-10,13,26H,3,11-12,14H2,1-2H3,(H,23,29)(H,24,27). The topological polar surface area (TPSA) is 77.6 Å². The molecule has 152 valence electrons. The number of aliphatic hydroxyl groups is 1. The molecule has 0 saturated carbocycles. The monoisotopic (exact) mass is 411 g/mol. The smallest absolute Gasteiger partial charge is 0.253 e. The number of aryl methyl sites for hydroxylation is 1. The number of H-pyrrole nitrogens is 1. The minimum absolute atomic E-state index is 0.0737. The van der Waals surface area contributed by atoms with Crippen LogP contribution >= 0.6 is 12.2 Å². The highest BCUT2D eigenvalue weighted by molar-refractivity contribution is 7.80. The van der Waals surface area contributed by atoms with Gasteiger partial charge in [-0.25, -0.2) is 0 Å². The van der Waals surface area contributed by atoms with Gasteiger partial charge in [0.25, 0.3) is 5.56 Å². The molecule has 0 aliphatic rings. The van der Waals surface area contributed by atoms with Crippen LogP contribution in [-0.4, -0.2) is 39.9 Å². The zero-order valence-electron chi connectivity index (χ0n) is 16.6. The lowest BCUT2D eigenvalue weighted by molar-refractivity contribution is 0.248. The molecule has 1 heterocycles. The fraction of sp³-hybridized carbons (Fsp3) is 0.273. The fourth-order valence-corrected chi connectivity index (χ4v) is 3.40. The highest BCUT2D eigenvalue weighted by Crippen LogP contribution is 2.18. The molecule has 0 spiro atoms. The summed E-state index contributed by atoms with van der Waals surface area (Å²) in [6.07, 6.45) is 0.